The largest absolute Gasteiger partial charge is 0.508 e. The average molecular weight is 1110 g/mol. The van der Waals surface area contributed by atoms with Crippen LogP contribution >= 0.6 is 21.6 Å². The summed E-state index contributed by atoms with van der Waals surface area (Å²) in [6.45, 7) is 11.7. The second-order valence-corrected chi connectivity index (χ2v) is 23.0. The van der Waals surface area contributed by atoms with Gasteiger partial charge in [-0.1, -0.05) is 93.0 Å². The Bertz CT molecular complexity index is 2530. The molecule has 25 heteroatoms. The summed E-state index contributed by atoms with van der Waals surface area (Å²) in [5, 5.41) is 28.8. The minimum Gasteiger partial charge on any atom is -0.508 e. The highest BCUT2D eigenvalue weighted by Crippen LogP contribution is 2.28. The standard InChI is InChI=1S/C52H75N11O12S2/c1-8-28(5)43-49(73)57-34(16-17-40(53)65)44(68)58-37(24-41(54)66)45(69)60-38(26-77-76-19-18-42(67)56-36(46(70)61-43)22-31-14-15-33(64)21-29(31)9-2)50(74)63-25-32-13-11-10-12-30(32)23-39(63)48(72)59-35(20-27(3)4)47(71)62-52(6,7)51(55)75/h10-15,21,27-28,34-39,43,64H,8-9,16-20,22-26H2,1-7H3,(H2,53,65)(H2,54,66)(H2,55,75)(H,56,67)(H,57,73)(H,58,68)(H,59,72)(H,60,69)(H,61,70)(H,62,71)/t28-,34-,35-,36+,37-,38-,39+,43-/m0/s1. The van der Waals surface area contributed by atoms with Crippen LogP contribution in [0.1, 0.15) is 109 Å². The fourth-order valence-corrected chi connectivity index (χ4v) is 10.8. The third-order valence-electron chi connectivity index (χ3n) is 13.4. The first-order chi connectivity index (χ1) is 36.2. The van der Waals surface area contributed by atoms with Crippen molar-refractivity contribution in [2.75, 3.05) is 11.5 Å². The number of fused-ring (bicyclic) bond motifs is 1. The number of hydrogen-bond acceptors (Lipinski definition) is 14. The number of amides is 11. The van der Waals surface area contributed by atoms with Gasteiger partial charge in [0.1, 0.15) is 53.6 Å². The molecule has 23 nitrogen and oxygen atoms in total. The van der Waals surface area contributed by atoms with Crippen LogP contribution in [0.2, 0.25) is 0 Å². The van der Waals surface area contributed by atoms with E-state index >= 15 is 4.79 Å². The number of nitrogens with two attached hydrogens (primary N) is 3. The van der Waals surface area contributed by atoms with E-state index in [4.69, 9.17) is 17.2 Å². The number of aryl methyl sites for hydroxylation is 1. The fraction of sp³-hybridized carbons (Fsp3) is 0.558. The van der Waals surface area contributed by atoms with Crippen LogP contribution in [0.4, 0.5) is 0 Å². The number of nitrogens with one attached hydrogen (secondary N) is 7. The molecule has 0 spiro atoms. The second kappa shape index (κ2) is 29.0. The van der Waals surface area contributed by atoms with Crippen LogP contribution < -0.4 is 54.4 Å². The molecule has 0 aromatic heterocycles. The van der Waals surface area contributed by atoms with Crippen molar-refractivity contribution in [3.05, 3.63) is 64.7 Å². The van der Waals surface area contributed by atoms with Crippen molar-refractivity contribution in [2.24, 2.45) is 29.0 Å². The Balaban J connectivity index is 1.78. The Morgan fingerprint density at radius 1 is 0.792 bits per heavy atom. The predicted molar refractivity (Wildman–Crippen MR) is 289 cm³/mol. The zero-order valence-corrected chi connectivity index (χ0v) is 46.3. The Labute approximate surface area is 456 Å². The first-order valence-corrected chi connectivity index (χ1v) is 28.2. The molecule has 2 aliphatic rings. The molecule has 422 valence electrons. The molecule has 0 aliphatic carbocycles. The molecule has 77 heavy (non-hydrogen) atoms. The number of phenols is 1. The van der Waals surface area contributed by atoms with Gasteiger partial charge in [0, 0.05) is 43.7 Å². The van der Waals surface area contributed by atoms with E-state index in [0.29, 0.717) is 29.5 Å². The number of aromatic hydroxyl groups is 1. The highest BCUT2D eigenvalue weighted by Gasteiger charge is 2.42. The summed E-state index contributed by atoms with van der Waals surface area (Å²) in [5.74, 6) is -9.92. The van der Waals surface area contributed by atoms with Crippen LogP contribution in [0.15, 0.2) is 42.5 Å². The van der Waals surface area contributed by atoms with Gasteiger partial charge in [-0.15, -0.1) is 0 Å². The van der Waals surface area contributed by atoms with E-state index in [1.165, 1.54) is 24.8 Å². The van der Waals surface area contributed by atoms with Crippen LogP contribution in [0.5, 0.6) is 5.75 Å². The molecule has 4 rings (SSSR count). The number of rotatable bonds is 18. The summed E-state index contributed by atoms with van der Waals surface area (Å²) in [7, 11) is 2.23. The van der Waals surface area contributed by atoms with Crippen molar-refractivity contribution in [1.29, 1.82) is 0 Å². The van der Waals surface area contributed by atoms with Gasteiger partial charge < -0.3 is 64.4 Å². The minimum atomic E-state index is -1.77. The molecular weight excluding hydrogens is 1030 g/mol. The first kappa shape index (κ1) is 62.6. The molecule has 2 heterocycles. The van der Waals surface area contributed by atoms with Gasteiger partial charge in [0.15, 0.2) is 0 Å². The molecular formula is C52H75N11O12S2. The third kappa shape index (κ3) is 18.7. The van der Waals surface area contributed by atoms with Gasteiger partial charge in [0.25, 0.3) is 0 Å². The monoisotopic (exact) mass is 1110 g/mol. The summed E-state index contributed by atoms with van der Waals surface area (Å²) >= 11 is 0. The van der Waals surface area contributed by atoms with Gasteiger partial charge in [-0.25, -0.2) is 0 Å². The summed E-state index contributed by atoms with van der Waals surface area (Å²) in [6.07, 6.45) is -0.850. The molecule has 11 amide bonds. The highest BCUT2D eigenvalue weighted by atomic mass is 33.1. The van der Waals surface area contributed by atoms with Crippen LogP contribution in [-0.2, 0) is 78.5 Å². The predicted octanol–water partition coefficient (Wildman–Crippen LogP) is -0.242. The molecule has 8 atom stereocenters. The van der Waals surface area contributed by atoms with Gasteiger partial charge in [-0.3, -0.25) is 52.7 Å². The van der Waals surface area contributed by atoms with Crippen LogP contribution in [0.25, 0.3) is 0 Å². The molecule has 2 aromatic rings. The summed E-state index contributed by atoms with van der Waals surface area (Å²) in [4.78, 5) is 152. The number of carbonyl (C=O) groups is 11. The molecule has 2 aromatic carbocycles. The van der Waals surface area contributed by atoms with E-state index in [0.717, 1.165) is 27.2 Å². The smallest absolute Gasteiger partial charge is 0.247 e. The molecule has 1 fully saturated rings. The summed E-state index contributed by atoms with van der Waals surface area (Å²) in [6, 6.07) is 1.88. The maximum absolute atomic E-state index is 15.1. The van der Waals surface area contributed by atoms with Crippen molar-refractivity contribution in [2.45, 2.75) is 161 Å². The third-order valence-corrected chi connectivity index (χ3v) is 15.8. The van der Waals surface area contributed by atoms with E-state index in [-0.39, 0.29) is 55.4 Å². The molecule has 0 bridgehead atoms. The van der Waals surface area contributed by atoms with Gasteiger partial charge >= 0.3 is 0 Å². The second-order valence-electron chi connectivity index (χ2n) is 20.3. The zero-order valence-electron chi connectivity index (χ0n) is 44.7. The molecule has 1 saturated heterocycles. The Morgan fingerprint density at radius 2 is 1.44 bits per heavy atom. The zero-order chi connectivity index (χ0) is 57.3. The number of phenolic OH excluding ortho intramolecular Hbond substituents is 1. The van der Waals surface area contributed by atoms with E-state index < -0.39 is 138 Å². The lowest BCUT2D eigenvalue weighted by atomic mass is 9.92. The highest BCUT2D eigenvalue weighted by molar-refractivity contribution is 8.76. The van der Waals surface area contributed by atoms with Crippen LogP contribution in [-0.4, -0.2) is 134 Å². The van der Waals surface area contributed by atoms with Gasteiger partial charge in [-0.05, 0) is 79.3 Å². The van der Waals surface area contributed by atoms with Crippen molar-refractivity contribution in [1.82, 2.24) is 42.1 Å². The van der Waals surface area contributed by atoms with Gasteiger partial charge in [0.05, 0.1) is 6.42 Å². The molecule has 0 unspecified atom stereocenters. The van der Waals surface area contributed by atoms with Crippen molar-refractivity contribution >= 4 is 86.6 Å². The Morgan fingerprint density at radius 3 is 2.06 bits per heavy atom. The number of primary amides is 3. The maximum Gasteiger partial charge on any atom is 0.247 e. The molecule has 2 aliphatic heterocycles. The van der Waals surface area contributed by atoms with Crippen LogP contribution in [0, 0.1) is 11.8 Å². The van der Waals surface area contributed by atoms with Crippen molar-refractivity contribution < 1.29 is 57.8 Å². The van der Waals surface area contributed by atoms with E-state index in [2.05, 4.69) is 37.2 Å². The minimum absolute atomic E-state index is 0.00410. The van der Waals surface area contributed by atoms with E-state index in [9.17, 15) is 53.1 Å². The Kier molecular flexibility index (Phi) is 23.6. The first-order valence-electron chi connectivity index (χ1n) is 25.7. The topological polar surface area (TPSA) is 374 Å². The molecule has 0 saturated carbocycles. The van der Waals surface area contributed by atoms with Crippen LogP contribution in [0.3, 0.4) is 0 Å². The summed E-state index contributed by atoms with van der Waals surface area (Å²) in [5.41, 5.74) is 17.9. The number of nitrogens with zero attached hydrogens (tertiary/aromatic N) is 1. The van der Waals surface area contributed by atoms with Crippen molar-refractivity contribution in [3.63, 3.8) is 0 Å². The van der Waals surface area contributed by atoms with E-state index in [1.54, 1.807) is 50.2 Å². The number of carbonyl (C=O) groups excluding carboxylic acids is 11. The van der Waals surface area contributed by atoms with Crippen molar-refractivity contribution in [3.8, 4) is 5.75 Å². The SMILES string of the molecule is CCc1cc(O)ccc1C[C@H]1NC(=O)CCSSC[C@@H](C(=O)N2Cc3ccccc3C[C@@H]2C(=O)N[C@@H](CC(C)C)C(=O)NC(C)(C)C(N)=O)NC(=O)[C@H](CC(N)=O)NC(=O)[C@H](CCC(N)=O)NC(=O)[C@H]([C@@H](C)CC)NC1=O. The number of hydrogen-bond donors (Lipinski definition) is 11. The van der Waals surface area contributed by atoms with E-state index in [1.807, 2.05) is 20.8 Å². The normalized spacial score (nSPS) is 22.1. The lowest BCUT2D eigenvalue weighted by Gasteiger charge is -2.39. The molecule has 0 radical (unpaired) electrons. The lowest BCUT2D eigenvalue weighted by Crippen LogP contribution is -2.63. The van der Waals surface area contributed by atoms with Gasteiger partial charge in [-0.2, -0.15) is 0 Å². The fourth-order valence-electron chi connectivity index (χ4n) is 8.66. The number of benzene rings is 2. The lowest BCUT2D eigenvalue weighted by molar-refractivity contribution is -0.145. The average Bonchev–Trinajstić information content (AvgIpc) is 3.36. The molecule has 14 N–H and O–H groups in total. The maximum atomic E-state index is 15.1. The quantitative estimate of drug-likeness (QED) is 0.0859. The Hall–Kier alpha value is -6.89. The van der Waals surface area contributed by atoms with Gasteiger partial charge in [0.2, 0.25) is 65.0 Å². The summed E-state index contributed by atoms with van der Waals surface area (Å²) < 4.78 is 0.